The molecule has 2 N–H and O–H groups in total. The van der Waals surface area contributed by atoms with Gasteiger partial charge in [0.1, 0.15) is 0 Å². The van der Waals surface area contributed by atoms with Crippen molar-refractivity contribution < 1.29 is 4.79 Å². The number of rotatable bonds is 6. The Balaban J connectivity index is 2.84. The molecule has 0 saturated carbocycles. The van der Waals surface area contributed by atoms with Crippen molar-refractivity contribution in [3.63, 3.8) is 0 Å². The molecule has 0 aliphatic carbocycles. The zero-order valence-electron chi connectivity index (χ0n) is 6.11. The third kappa shape index (κ3) is 8.36. The predicted octanol–water partition coefficient (Wildman–Crippen LogP) is 1.86. The number of unbranched alkanes of at least 4 members (excludes halogenated alkanes) is 3. The van der Waals surface area contributed by atoms with E-state index in [1.54, 1.807) is 0 Å². The van der Waals surface area contributed by atoms with Gasteiger partial charge in [-0.05, 0) is 42.0 Å². The first-order chi connectivity index (χ1) is 4.77. The molecule has 0 aliphatic rings. The first-order valence-corrected chi connectivity index (χ1v) is 4.73. The summed E-state index contributed by atoms with van der Waals surface area (Å²) >= 11 is 1.84. The lowest BCUT2D eigenvalue weighted by Gasteiger charge is -1.95. The fraction of sp³-hybridized carbons (Fsp3) is 0.857. The number of carbonyl (C=O) groups is 1. The van der Waals surface area contributed by atoms with Gasteiger partial charge < -0.3 is 5.73 Å². The van der Waals surface area contributed by atoms with Crippen molar-refractivity contribution in [3.8, 4) is 0 Å². The Hall–Kier alpha value is 0.360. The summed E-state index contributed by atoms with van der Waals surface area (Å²) in [5.41, 5.74) is 5.30. The van der Waals surface area contributed by atoms with Gasteiger partial charge in [-0.2, -0.15) is 0 Å². The molecule has 0 heterocycles. The second-order valence-electron chi connectivity index (χ2n) is 2.31. The van der Waals surface area contributed by atoms with E-state index < -0.39 is 0 Å². The Kier molecular flexibility index (Phi) is 7.74. The summed E-state index contributed by atoms with van der Waals surface area (Å²) < 4.78 is 0.269. The van der Waals surface area contributed by atoms with Gasteiger partial charge in [0.15, 0.2) is 3.79 Å². The Morgan fingerprint density at radius 1 is 1.20 bits per heavy atom. The molecular formula is C7H14INO. The summed E-state index contributed by atoms with van der Waals surface area (Å²) in [6, 6.07) is 0. The second-order valence-corrected chi connectivity index (χ2v) is 3.51. The van der Waals surface area contributed by atoms with E-state index in [2.05, 4.69) is 0 Å². The van der Waals surface area contributed by atoms with Crippen molar-refractivity contribution in [1.29, 1.82) is 0 Å². The molecule has 10 heavy (non-hydrogen) atoms. The zero-order chi connectivity index (χ0) is 7.82. The highest BCUT2D eigenvalue weighted by molar-refractivity contribution is 14.1. The third-order valence-electron chi connectivity index (χ3n) is 1.33. The van der Waals surface area contributed by atoms with Crippen LogP contribution in [0.3, 0.4) is 0 Å². The minimum absolute atomic E-state index is 0.269. The van der Waals surface area contributed by atoms with E-state index in [0.717, 1.165) is 32.2 Å². The van der Waals surface area contributed by atoms with E-state index in [1.807, 2.05) is 22.6 Å². The average molecular weight is 255 g/mol. The molecule has 0 radical (unpaired) electrons. The maximum atomic E-state index is 10.4. The van der Waals surface area contributed by atoms with E-state index in [-0.39, 0.29) is 3.79 Å². The van der Waals surface area contributed by atoms with Crippen molar-refractivity contribution in [2.45, 2.75) is 32.1 Å². The highest BCUT2D eigenvalue weighted by atomic mass is 127. The molecule has 0 aromatic heterocycles. The lowest BCUT2D eigenvalue weighted by atomic mass is 10.1. The third-order valence-corrected chi connectivity index (χ3v) is 1.87. The van der Waals surface area contributed by atoms with Gasteiger partial charge >= 0.3 is 0 Å². The van der Waals surface area contributed by atoms with Crippen LogP contribution in [0.25, 0.3) is 0 Å². The van der Waals surface area contributed by atoms with Gasteiger partial charge in [-0.3, -0.25) is 4.79 Å². The summed E-state index contributed by atoms with van der Waals surface area (Å²) in [6.07, 6.45) is 5.16. The van der Waals surface area contributed by atoms with Gasteiger partial charge in [0.2, 0.25) is 0 Å². The highest BCUT2D eigenvalue weighted by Crippen LogP contribution is 2.04. The SMILES string of the molecule is NCCCCCCC(=O)I. The number of hydrogen-bond acceptors (Lipinski definition) is 2. The molecule has 0 bridgehead atoms. The predicted molar refractivity (Wildman–Crippen MR) is 51.2 cm³/mol. The molecule has 0 aromatic carbocycles. The van der Waals surface area contributed by atoms with Crippen LogP contribution in [0, 0.1) is 0 Å². The molecule has 3 heteroatoms. The topological polar surface area (TPSA) is 43.1 Å². The molecule has 60 valence electrons. The van der Waals surface area contributed by atoms with Gasteiger partial charge in [0.05, 0.1) is 0 Å². The van der Waals surface area contributed by atoms with Gasteiger partial charge in [-0.25, -0.2) is 0 Å². The number of carbonyl (C=O) groups excluding carboxylic acids is 1. The Labute approximate surface area is 75.7 Å². The second kappa shape index (κ2) is 7.47. The van der Waals surface area contributed by atoms with Gasteiger partial charge in [-0.1, -0.05) is 12.8 Å². The summed E-state index contributed by atoms with van der Waals surface area (Å²) in [7, 11) is 0. The Bertz CT molecular complexity index is 95.6. The number of halogens is 1. The summed E-state index contributed by atoms with van der Waals surface area (Å²) in [5, 5.41) is 0. The van der Waals surface area contributed by atoms with Gasteiger partial charge in [-0.15, -0.1) is 0 Å². The largest absolute Gasteiger partial charge is 0.330 e. The van der Waals surface area contributed by atoms with Crippen LogP contribution >= 0.6 is 22.6 Å². The van der Waals surface area contributed by atoms with Gasteiger partial charge in [0, 0.05) is 6.42 Å². The van der Waals surface area contributed by atoms with Crippen LogP contribution in [0.15, 0.2) is 0 Å². The smallest absolute Gasteiger partial charge is 0.192 e. The summed E-state index contributed by atoms with van der Waals surface area (Å²) in [5.74, 6) is 0. The average Bonchev–Trinajstić information content (AvgIpc) is 1.87. The number of nitrogens with two attached hydrogens (primary N) is 1. The molecule has 0 aromatic rings. The van der Waals surface area contributed by atoms with Crippen LogP contribution in [0.4, 0.5) is 0 Å². The minimum Gasteiger partial charge on any atom is -0.330 e. The van der Waals surface area contributed by atoms with E-state index in [4.69, 9.17) is 5.73 Å². The van der Waals surface area contributed by atoms with Crippen molar-refractivity contribution >= 4 is 26.4 Å². The van der Waals surface area contributed by atoms with E-state index in [9.17, 15) is 4.79 Å². The van der Waals surface area contributed by atoms with Crippen LogP contribution < -0.4 is 5.73 Å². The molecule has 0 rings (SSSR count). The quantitative estimate of drug-likeness (QED) is 0.447. The molecule has 0 amide bonds. The number of hydrogen-bond donors (Lipinski definition) is 1. The van der Waals surface area contributed by atoms with Crippen LogP contribution in [0.5, 0.6) is 0 Å². The lowest BCUT2D eigenvalue weighted by molar-refractivity contribution is -0.109. The Morgan fingerprint density at radius 3 is 2.30 bits per heavy atom. The monoisotopic (exact) mass is 255 g/mol. The molecule has 0 unspecified atom stereocenters. The zero-order valence-corrected chi connectivity index (χ0v) is 8.26. The van der Waals surface area contributed by atoms with Crippen LogP contribution in [0.2, 0.25) is 0 Å². The Morgan fingerprint density at radius 2 is 1.80 bits per heavy atom. The maximum Gasteiger partial charge on any atom is 0.192 e. The molecule has 0 atom stereocenters. The first kappa shape index (κ1) is 10.4. The lowest BCUT2D eigenvalue weighted by Crippen LogP contribution is -1.97. The standard InChI is InChI=1S/C7H14INO/c8-7(10)5-3-1-2-4-6-9/h1-6,9H2. The van der Waals surface area contributed by atoms with Crippen LogP contribution in [-0.2, 0) is 4.79 Å². The van der Waals surface area contributed by atoms with E-state index in [1.165, 1.54) is 6.42 Å². The van der Waals surface area contributed by atoms with Crippen molar-refractivity contribution in [1.82, 2.24) is 0 Å². The molecule has 0 aliphatic heterocycles. The minimum atomic E-state index is 0.269. The normalized spacial score (nSPS) is 9.80. The van der Waals surface area contributed by atoms with Gasteiger partial charge in [0.25, 0.3) is 0 Å². The highest BCUT2D eigenvalue weighted by Gasteiger charge is 1.93. The fourth-order valence-electron chi connectivity index (χ4n) is 0.762. The van der Waals surface area contributed by atoms with E-state index >= 15 is 0 Å². The molecule has 2 nitrogen and oxygen atoms in total. The summed E-state index contributed by atoms with van der Waals surface area (Å²) in [4.78, 5) is 10.4. The maximum absolute atomic E-state index is 10.4. The molecule has 0 fully saturated rings. The van der Waals surface area contributed by atoms with E-state index in [0.29, 0.717) is 0 Å². The van der Waals surface area contributed by atoms with Crippen molar-refractivity contribution in [2.24, 2.45) is 5.73 Å². The fourth-order valence-corrected chi connectivity index (χ4v) is 1.14. The first-order valence-electron chi connectivity index (χ1n) is 3.65. The molecular weight excluding hydrogens is 241 g/mol. The van der Waals surface area contributed by atoms with Crippen LogP contribution in [0.1, 0.15) is 32.1 Å². The molecule has 0 spiro atoms. The molecule has 0 saturated heterocycles. The van der Waals surface area contributed by atoms with Crippen molar-refractivity contribution in [3.05, 3.63) is 0 Å². The summed E-state index contributed by atoms with van der Waals surface area (Å²) in [6.45, 7) is 0.776. The van der Waals surface area contributed by atoms with Crippen LogP contribution in [-0.4, -0.2) is 10.3 Å². The van der Waals surface area contributed by atoms with Crippen molar-refractivity contribution in [2.75, 3.05) is 6.54 Å².